The zero-order valence-corrected chi connectivity index (χ0v) is 11.2. The zero-order chi connectivity index (χ0) is 15.3. The largest absolute Gasteiger partial charge is 0.394 e. The number of nitrogens with one attached hydrogen (secondary N) is 2. The third-order valence-corrected chi connectivity index (χ3v) is 4.00. The van der Waals surface area contributed by atoms with E-state index >= 15 is 0 Å². The van der Waals surface area contributed by atoms with Crippen molar-refractivity contribution < 1.29 is 30.0 Å². The highest BCUT2D eigenvalue weighted by molar-refractivity contribution is 6.03. The van der Waals surface area contributed by atoms with Gasteiger partial charge in [-0.3, -0.25) is 15.6 Å². The van der Waals surface area contributed by atoms with E-state index in [0.29, 0.717) is 0 Å². The van der Waals surface area contributed by atoms with Gasteiger partial charge in [0.25, 0.3) is 0 Å². The number of amides is 2. The first-order chi connectivity index (χ1) is 9.12. The number of amidine groups is 1. The normalized spacial score (nSPS) is 45.7. The molecule has 2 aliphatic rings. The van der Waals surface area contributed by atoms with E-state index in [0.717, 1.165) is 4.90 Å². The lowest BCUT2D eigenvalue weighted by molar-refractivity contribution is -0.220. The number of aliphatic hydroxyl groups excluding tert-OH is 2. The Morgan fingerprint density at radius 2 is 2.10 bits per heavy atom. The molecule has 0 aliphatic carbocycles. The Morgan fingerprint density at radius 1 is 1.50 bits per heavy atom. The molecule has 6 N–H and O–H groups in total. The lowest BCUT2D eigenvalue weighted by atomic mass is 9.88. The van der Waals surface area contributed by atoms with Gasteiger partial charge in [0.1, 0.15) is 18.2 Å². The van der Waals surface area contributed by atoms with Crippen molar-refractivity contribution in [3.8, 4) is 0 Å². The summed E-state index contributed by atoms with van der Waals surface area (Å²) in [7, 11) is 0. The Kier molecular flexibility index (Phi) is 3.51. The molecule has 0 bridgehead atoms. The topological polar surface area (TPSA) is 146 Å². The van der Waals surface area contributed by atoms with Crippen LogP contribution in [0.2, 0.25) is 0 Å². The van der Waals surface area contributed by atoms with E-state index in [1.165, 1.54) is 13.8 Å². The van der Waals surface area contributed by atoms with Crippen molar-refractivity contribution in [1.29, 1.82) is 5.41 Å². The minimum atomic E-state index is -2.10. The molecule has 20 heavy (non-hydrogen) atoms. The molecule has 114 valence electrons. The smallest absolute Gasteiger partial charge is 0.327 e. The predicted molar refractivity (Wildman–Crippen MR) is 65.7 cm³/mol. The summed E-state index contributed by atoms with van der Waals surface area (Å²) in [6.07, 6.45) is -2.88. The highest BCUT2D eigenvalue weighted by Crippen LogP contribution is 2.36. The molecule has 0 aromatic heterocycles. The third kappa shape index (κ3) is 1.98. The number of hydrogen-bond donors (Lipinski definition) is 6. The SMILES string of the molecule is C[C@]1(O)C(=N)NC(=O)N([C@H]2C[C@H](O)[C@@H](CO)O2)[C@@]1(C)O. The minimum absolute atomic E-state index is 0.0157. The molecule has 2 rings (SSSR count). The summed E-state index contributed by atoms with van der Waals surface area (Å²) in [5, 5.41) is 49.1. The molecular weight excluding hydrogens is 270 g/mol. The van der Waals surface area contributed by atoms with Gasteiger partial charge in [0.15, 0.2) is 11.3 Å². The number of rotatable bonds is 2. The van der Waals surface area contributed by atoms with E-state index < -0.39 is 48.2 Å². The van der Waals surface area contributed by atoms with E-state index in [2.05, 4.69) is 5.32 Å². The molecule has 0 unspecified atom stereocenters. The maximum Gasteiger partial charge on any atom is 0.327 e. The molecule has 2 fully saturated rings. The Labute approximate surface area is 115 Å². The molecule has 5 atom stereocenters. The number of carbonyl (C=O) groups is 1. The number of hydrogen-bond acceptors (Lipinski definition) is 7. The van der Waals surface area contributed by atoms with Gasteiger partial charge in [-0.1, -0.05) is 0 Å². The second kappa shape index (κ2) is 4.64. The van der Waals surface area contributed by atoms with Crippen molar-refractivity contribution in [3.05, 3.63) is 0 Å². The maximum atomic E-state index is 12.0. The quantitative estimate of drug-likeness (QED) is 0.344. The zero-order valence-electron chi connectivity index (χ0n) is 11.2. The predicted octanol–water partition coefficient (Wildman–Crippen LogP) is -2.08. The van der Waals surface area contributed by atoms with Gasteiger partial charge >= 0.3 is 6.03 Å². The lowest BCUT2D eigenvalue weighted by Crippen LogP contribution is -2.76. The van der Waals surface area contributed by atoms with Crippen LogP contribution in [0.3, 0.4) is 0 Å². The maximum absolute atomic E-state index is 12.0. The van der Waals surface area contributed by atoms with Crippen LogP contribution in [0.15, 0.2) is 0 Å². The number of carbonyl (C=O) groups excluding carboxylic acids is 1. The standard InChI is InChI=1S/C11H19N3O6/c1-10(18)8(12)13-9(17)14(11(10,2)19)7-3-5(16)6(4-15)20-7/h5-7,15-16,18-19H,3-4H2,1-2H3,(H2,12,13,17)/t5-,6+,7+,10-,11-/m0/s1. The molecule has 2 aliphatic heterocycles. The monoisotopic (exact) mass is 289 g/mol. The van der Waals surface area contributed by atoms with E-state index in [9.17, 15) is 20.1 Å². The van der Waals surface area contributed by atoms with E-state index in [1.54, 1.807) is 0 Å². The average molecular weight is 289 g/mol. The summed E-state index contributed by atoms with van der Waals surface area (Å²) >= 11 is 0. The summed E-state index contributed by atoms with van der Waals surface area (Å²) < 4.78 is 5.32. The fraction of sp³-hybridized carbons (Fsp3) is 0.818. The lowest BCUT2D eigenvalue weighted by Gasteiger charge is -2.51. The fourth-order valence-electron chi connectivity index (χ4n) is 2.41. The van der Waals surface area contributed by atoms with Crippen LogP contribution in [0, 0.1) is 5.41 Å². The van der Waals surface area contributed by atoms with Crippen LogP contribution in [0.1, 0.15) is 20.3 Å². The molecule has 9 nitrogen and oxygen atoms in total. The summed E-state index contributed by atoms with van der Waals surface area (Å²) in [5.41, 5.74) is -4.12. The molecule has 0 aromatic rings. The van der Waals surface area contributed by atoms with Gasteiger partial charge in [-0.25, -0.2) is 4.79 Å². The Balaban J connectivity index is 2.31. The first kappa shape index (κ1) is 15.1. The molecule has 2 heterocycles. The van der Waals surface area contributed by atoms with Gasteiger partial charge < -0.3 is 25.2 Å². The first-order valence-corrected chi connectivity index (χ1v) is 6.21. The van der Waals surface area contributed by atoms with Gasteiger partial charge in [-0.05, 0) is 13.8 Å². The van der Waals surface area contributed by atoms with Crippen molar-refractivity contribution >= 4 is 11.9 Å². The number of ether oxygens (including phenoxy) is 1. The molecule has 2 saturated heterocycles. The summed E-state index contributed by atoms with van der Waals surface area (Å²) in [6.45, 7) is 1.94. The second-order valence-corrected chi connectivity index (χ2v) is 5.38. The molecule has 9 heteroatoms. The minimum Gasteiger partial charge on any atom is -0.394 e. The molecule has 2 amide bonds. The van der Waals surface area contributed by atoms with Crippen molar-refractivity contribution in [2.24, 2.45) is 0 Å². The van der Waals surface area contributed by atoms with Crippen LogP contribution in [-0.2, 0) is 4.74 Å². The average Bonchev–Trinajstić information content (AvgIpc) is 2.68. The van der Waals surface area contributed by atoms with E-state index in [4.69, 9.17) is 15.3 Å². The van der Waals surface area contributed by atoms with Gasteiger partial charge in [0.05, 0.1) is 12.7 Å². The van der Waals surface area contributed by atoms with Gasteiger partial charge in [0.2, 0.25) is 0 Å². The van der Waals surface area contributed by atoms with Crippen molar-refractivity contribution in [2.75, 3.05) is 6.61 Å². The van der Waals surface area contributed by atoms with Crippen molar-refractivity contribution in [1.82, 2.24) is 10.2 Å². The first-order valence-electron chi connectivity index (χ1n) is 6.21. The Bertz CT molecular complexity index is 438. The number of aliphatic hydroxyl groups is 4. The second-order valence-electron chi connectivity index (χ2n) is 5.38. The molecule has 0 saturated carbocycles. The summed E-state index contributed by atoms with van der Waals surface area (Å²) in [6, 6.07) is -0.817. The number of nitrogens with zero attached hydrogens (tertiary/aromatic N) is 1. The van der Waals surface area contributed by atoms with Gasteiger partial charge in [0, 0.05) is 6.42 Å². The van der Waals surface area contributed by atoms with E-state index in [-0.39, 0.29) is 6.42 Å². The molecule has 0 spiro atoms. The van der Waals surface area contributed by atoms with Crippen LogP contribution in [0.5, 0.6) is 0 Å². The van der Waals surface area contributed by atoms with E-state index in [1.807, 2.05) is 0 Å². The fourth-order valence-corrected chi connectivity index (χ4v) is 2.41. The Morgan fingerprint density at radius 3 is 2.60 bits per heavy atom. The number of urea groups is 1. The van der Waals surface area contributed by atoms with Gasteiger partial charge in [-0.15, -0.1) is 0 Å². The molecule has 0 radical (unpaired) electrons. The highest BCUT2D eigenvalue weighted by Gasteiger charge is 2.59. The molecule has 0 aromatic carbocycles. The van der Waals surface area contributed by atoms with Crippen LogP contribution in [0.4, 0.5) is 4.79 Å². The van der Waals surface area contributed by atoms with Crippen molar-refractivity contribution in [3.63, 3.8) is 0 Å². The third-order valence-electron chi connectivity index (χ3n) is 4.00. The van der Waals surface area contributed by atoms with Crippen LogP contribution < -0.4 is 5.32 Å². The van der Waals surface area contributed by atoms with Crippen molar-refractivity contribution in [2.45, 2.75) is 50.0 Å². The van der Waals surface area contributed by atoms with Crippen LogP contribution in [0.25, 0.3) is 0 Å². The van der Waals surface area contributed by atoms with Crippen LogP contribution >= 0.6 is 0 Å². The highest BCUT2D eigenvalue weighted by atomic mass is 16.6. The Hall–Kier alpha value is -1.26. The van der Waals surface area contributed by atoms with Crippen LogP contribution in [-0.4, -0.2) is 73.6 Å². The van der Waals surface area contributed by atoms with Gasteiger partial charge in [-0.2, -0.15) is 0 Å². The summed E-state index contributed by atoms with van der Waals surface area (Å²) in [5.74, 6) is -0.527. The summed E-state index contributed by atoms with van der Waals surface area (Å²) in [4.78, 5) is 12.8. The molecular formula is C11H19N3O6.